The molecule has 1 heterocycles. The summed E-state index contributed by atoms with van der Waals surface area (Å²) in [6, 6.07) is 4.60. The smallest absolute Gasteiger partial charge is 0.458 e. The number of hydrogen-bond donors (Lipinski definition) is 0. The van der Waals surface area contributed by atoms with Crippen molar-refractivity contribution in [2.24, 2.45) is 0 Å². The number of ether oxygens (including phenoxy) is 1. The Morgan fingerprint density at radius 2 is 1.68 bits per heavy atom. The molecule has 8 heteroatoms. The largest absolute Gasteiger partial charge is 0.464 e. The first kappa shape index (κ1) is 16.5. The van der Waals surface area contributed by atoms with Crippen LogP contribution in [0.2, 0.25) is 0 Å². The fourth-order valence-corrected chi connectivity index (χ4v) is 2.48. The zero-order valence-corrected chi connectivity index (χ0v) is 11.4. The minimum Gasteiger partial charge on any atom is -0.464 e. The molecule has 0 amide bonds. The predicted octanol–water partition coefficient (Wildman–Crippen LogP) is 3.48. The van der Waals surface area contributed by atoms with E-state index in [0.717, 1.165) is 12.1 Å². The van der Waals surface area contributed by atoms with Crippen molar-refractivity contribution in [1.29, 1.82) is 0 Å². The van der Waals surface area contributed by atoms with E-state index in [-0.39, 0.29) is 24.9 Å². The Morgan fingerprint density at radius 3 is 2.23 bits per heavy atom. The first-order valence-electron chi connectivity index (χ1n) is 6.65. The van der Waals surface area contributed by atoms with Gasteiger partial charge in [-0.25, -0.2) is 0 Å². The molecule has 0 atom stereocenters. The second-order valence-electron chi connectivity index (χ2n) is 5.01. The van der Waals surface area contributed by atoms with E-state index in [1.807, 2.05) is 0 Å². The highest BCUT2D eigenvalue weighted by molar-refractivity contribution is 5.56. The number of rotatable bonds is 4. The molecule has 1 aliphatic rings. The summed E-state index contributed by atoms with van der Waals surface area (Å²) in [5.41, 5.74) is -1.20. The number of piperidine rings is 1. The van der Waals surface area contributed by atoms with E-state index in [4.69, 9.17) is 4.74 Å². The van der Waals surface area contributed by atoms with Gasteiger partial charge in [-0.15, -0.1) is 0 Å². The molecule has 1 aromatic rings. The summed E-state index contributed by atoms with van der Waals surface area (Å²) in [5, 5.41) is 0. The average Bonchev–Trinajstić information content (AvgIpc) is 2.47. The van der Waals surface area contributed by atoms with E-state index in [0.29, 0.717) is 19.3 Å². The Labute approximate surface area is 123 Å². The highest BCUT2D eigenvalue weighted by Gasteiger charge is 2.59. The zero-order chi connectivity index (χ0) is 16.4. The predicted molar refractivity (Wildman–Crippen MR) is 68.8 cm³/mol. The number of carbonyl (C=O) groups is 1. The van der Waals surface area contributed by atoms with Gasteiger partial charge in [0.25, 0.3) is 6.47 Å². The summed E-state index contributed by atoms with van der Waals surface area (Å²) in [5.74, 6) is -4.92. The maximum absolute atomic E-state index is 13.7. The molecule has 0 N–H and O–H groups in total. The fourth-order valence-electron chi connectivity index (χ4n) is 2.48. The monoisotopic (exact) mass is 323 g/mol. The lowest BCUT2D eigenvalue weighted by Crippen LogP contribution is -2.40. The van der Waals surface area contributed by atoms with Crippen molar-refractivity contribution in [3.8, 4) is 0 Å². The molecule has 1 fully saturated rings. The highest BCUT2D eigenvalue weighted by atomic mass is 19.4. The van der Waals surface area contributed by atoms with Crippen molar-refractivity contribution in [3.63, 3.8) is 0 Å². The minimum absolute atomic E-state index is 0.144. The maximum atomic E-state index is 13.7. The first-order valence-corrected chi connectivity index (χ1v) is 6.65. The molecular weight excluding hydrogens is 309 g/mol. The Bertz CT molecular complexity index is 524. The van der Waals surface area contributed by atoms with E-state index in [2.05, 4.69) is 0 Å². The standard InChI is InChI=1S/C14H14F5NO2/c15-13(16,14(17,18)19)11-3-1-2-4-12(11)20-7-5-10(6-8-20)22-9-21/h1-4,9-10H,5-8H2. The van der Waals surface area contributed by atoms with Crippen molar-refractivity contribution >= 4 is 12.2 Å². The number of benzene rings is 1. The number of nitrogens with zero attached hydrogens (tertiary/aromatic N) is 1. The van der Waals surface area contributed by atoms with E-state index < -0.39 is 17.7 Å². The van der Waals surface area contributed by atoms with Crippen LogP contribution in [0.4, 0.5) is 27.6 Å². The van der Waals surface area contributed by atoms with Crippen LogP contribution in [0.25, 0.3) is 0 Å². The van der Waals surface area contributed by atoms with Gasteiger partial charge in [0.15, 0.2) is 0 Å². The summed E-state index contributed by atoms with van der Waals surface area (Å²) in [6.45, 7) is 0.791. The van der Waals surface area contributed by atoms with Crippen LogP contribution in [0, 0.1) is 0 Å². The van der Waals surface area contributed by atoms with Crippen LogP contribution in [-0.4, -0.2) is 31.8 Å². The van der Waals surface area contributed by atoms with Crippen LogP contribution in [0.5, 0.6) is 0 Å². The van der Waals surface area contributed by atoms with Crippen LogP contribution in [0.3, 0.4) is 0 Å². The van der Waals surface area contributed by atoms with Crippen molar-refractivity contribution < 1.29 is 31.5 Å². The van der Waals surface area contributed by atoms with Gasteiger partial charge in [-0.3, -0.25) is 4.79 Å². The van der Waals surface area contributed by atoms with Crippen molar-refractivity contribution in [3.05, 3.63) is 29.8 Å². The van der Waals surface area contributed by atoms with Gasteiger partial charge in [-0.2, -0.15) is 22.0 Å². The lowest BCUT2D eigenvalue weighted by molar-refractivity contribution is -0.289. The molecule has 0 spiro atoms. The number of para-hydroxylation sites is 1. The van der Waals surface area contributed by atoms with Crippen molar-refractivity contribution in [2.45, 2.75) is 31.0 Å². The second kappa shape index (κ2) is 6.10. The van der Waals surface area contributed by atoms with Crippen LogP contribution < -0.4 is 4.90 Å². The van der Waals surface area contributed by atoms with Gasteiger partial charge in [0.1, 0.15) is 6.10 Å². The minimum atomic E-state index is -5.65. The van der Waals surface area contributed by atoms with Crippen LogP contribution in [-0.2, 0) is 15.5 Å². The lowest BCUT2D eigenvalue weighted by Gasteiger charge is -2.35. The summed E-state index contributed by atoms with van der Waals surface area (Å²) in [4.78, 5) is 11.7. The third-order valence-corrected chi connectivity index (χ3v) is 3.63. The first-order chi connectivity index (χ1) is 10.3. The Hall–Kier alpha value is -1.86. The molecule has 3 nitrogen and oxygen atoms in total. The van der Waals surface area contributed by atoms with E-state index in [9.17, 15) is 26.7 Å². The number of carbonyl (C=O) groups excluding carboxylic acids is 1. The van der Waals surface area contributed by atoms with Crippen LogP contribution >= 0.6 is 0 Å². The molecule has 0 aliphatic carbocycles. The van der Waals surface area contributed by atoms with Gasteiger partial charge in [0, 0.05) is 31.6 Å². The third kappa shape index (κ3) is 3.15. The lowest BCUT2D eigenvalue weighted by atomic mass is 10.0. The summed E-state index contributed by atoms with van der Waals surface area (Å²) in [7, 11) is 0. The molecule has 1 saturated heterocycles. The number of alkyl halides is 5. The molecule has 1 aromatic carbocycles. The highest BCUT2D eigenvalue weighted by Crippen LogP contribution is 2.47. The SMILES string of the molecule is O=COC1CCN(c2ccccc2C(F)(F)C(F)(F)F)CC1. The van der Waals surface area contributed by atoms with E-state index >= 15 is 0 Å². The van der Waals surface area contributed by atoms with Crippen molar-refractivity contribution in [1.82, 2.24) is 0 Å². The molecule has 1 aliphatic heterocycles. The summed E-state index contributed by atoms with van der Waals surface area (Å²) < 4.78 is 69.9. The Balaban J connectivity index is 2.25. The van der Waals surface area contributed by atoms with E-state index in [1.165, 1.54) is 17.0 Å². The normalized spacial score (nSPS) is 17.4. The average molecular weight is 323 g/mol. The van der Waals surface area contributed by atoms with Crippen molar-refractivity contribution in [2.75, 3.05) is 18.0 Å². The Morgan fingerprint density at radius 1 is 1.09 bits per heavy atom. The third-order valence-electron chi connectivity index (χ3n) is 3.63. The summed E-state index contributed by atoms with van der Waals surface area (Å²) >= 11 is 0. The molecular formula is C14H14F5NO2. The molecule has 122 valence electrons. The quantitative estimate of drug-likeness (QED) is 0.627. The number of anilines is 1. The fraction of sp³-hybridized carbons (Fsp3) is 0.500. The summed E-state index contributed by atoms with van der Waals surface area (Å²) in [6.07, 6.45) is -5.22. The maximum Gasteiger partial charge on any atom is 0.458 e. The topological polar surface area (TPSA) is 29.5 Å². The van der Waals surface area contributed by atoms with Gasteiger partial charge in [-0.05, 0) is 6.07 Å². The van der Waals surface area contributed by atoms with Gasteiger partial charge in [-0.1, -0.05) is 18.2 Å². The van der Waals surface area contributed by atoms with Gasteiger partial charge < -0.3 is 9.64 Å². The van der Waals surface area contributed by atoms with E-state index in [1.54, 1.807) is 0 Å². The molecule has 22 heavy (non-hydrogen) atoms. The molecule has 0 saturated carbocycles. The number of hydrogen-bond acceptors (Lipinski definition) is 3. The van der Waals surface area contributed by atoms with Crippen LogP contribution in [0.1, 0.15) is 18.4 Å². The molecule has 2 rings (SSSR count). The second-order valence-corrected chi connectivity index (χ2v) is 5.01. The van der Waals surface area contributed by atoms with Gasteiger partial charge >= 0.3 is 12.1 Å². The van der Waals surface area contributed by atoms with Crippen LogP contribution in [0.15, 0.2) is 24.3 Å². The number of halogens is 5. The van der Waals surface area contributed by atoms with Gasteiger partial charge in [0.2, 0.25) is 0 Å². The van der Waals surface area contributed by atoms with Gasteiger partial charge in [0.05, 0.1) is 5.56 Å². The molecule has 0 aromatic heterocycles. The molecule has 0 radical (unpaired) electrons. The zero-order valence-electron chi connectivity index (χ0n) is 11.4. The Kier molecular flexibility index (Phi) is 4.58. The molecule has 0 unspecified atom stereocenters. The molecule has 0 bridgehead atoms.